The van der Waals surface area contributed by atoms with Crippen molar-refractivity contribution in [2.24, 2.45) is 5.73 Å². The molecular weight excluding hydrogens is 662 g/mol. The van der Waals surface area contributed by atoms with Crippen LogP contribution in [0.3, 0.4) is 0 Å². The lowest BCUT2D eigenvalue weighted by Crippen LogP contribution is -2.52. The maximum Gasteiger partial charge on any atom is 0.424 e. The minimum absolute atomic E-state index is 0.0806. The van der Waals surface area contributed by atoms with Gasteiger partial charge in [0.15, 0.2) is 0 Å². The molecule has 46 heavy (non-hydrogen) atoms. The Balaban J connectivity index is 1.62. The average Bonchev–Trinajstić information content (AvgIpc) is 3.40. The number of primary amides is 1. The number of halogens is 7. The molecule has 0 spiro atoms. The predicted octanol–water partition coefficient (Wildman–Crippen LogP) is 5.32. The van der Waals surface area contributed by atoms with Crippen molar-refractivity contribution in [3.63, 3.8) is 0 Å². The van der Waals surface area contributed by atoms with Crippen molar-refractivity contribution in [2.45, 2.75) is 24.1 Å². The number of hydrogen-bond acceptors (Lipinski definition) is 7. The molecule has 242 valence electrons. The normalized spacial score (nSPS) is 17.3. The number of hydrogen-bond donors (Lipinski definition) is 3. The number of nitrogens with zero attached hydrogens (tertiary/aromatic N) is 2. The number of nitrogens with two attached hydrogens (primary N) is 1. The van der Waals surface area contributed by atoms with Gasteiger partial charge in [0.2, 0.25) is 11.5 Å². The van der Waals surface area contributed by atoms with Crippen molar-refractivity contribution < 1.29 is 46.1 Å². The van der Waals surface area contributed by atoms with Crippen LogP contribution < -0.4 is 20.5 Å². The lowest BCUT2D eigenvalue weighted by atomic mass is 9.81. The van der Waals surface area contributed by atoms with E-state index in [0.29, 0.717) is 22.7 Å². The Labute approximate surface area is 267 Å². The molecule has 4 N–H and O–H groups in total. The summed E-state index contributed by atoms with van der Waals surface area (Å²) in [6, 6.07) is 7.76. The quantitative estimate of drug-likeness (QED) is 0.214. The highest BCUT2D eigenvalue weighted by molar-refractivity contribution is 6.32. The van der Waals surface area contributed by atoms with Gasteiger partial charge in [0.05, 0.1) is 35.1 Å². The standard InChI is InChI=1S/C30H23Cl2F5N4O5/c1-13-18(31)7-15-5-16(8-21(45-2)23(15)40-13)26(42)39-11-29(44,30(35,36)37)22-9-17-25(46-12-28(17,10-33)27(38)43)24(41-22)14-3-4-20(34)19(32)6-14/h3-9,44H,10-12H2,1-2H3,(H2,38,43)(H,39,42)/t28-,29?/m1/s1. The van der Waals surface area contributed by atoms with Crippen LogP contribution >= 0.6 is 23.2 Å². The van der Waals surface area contributed by atoms with E-state index < -0.39 is 76.6 Å². The SMILES string of the molecule is COc1cc(C(=O)NCC(O)(c2cc3c(c(-c4ccc(F)c(Cl)c4)n2)OC[C@@]3(CF)C(N)=O)C(F)(F)F)cc2cc(Cl)c(C)nc12. The molecule has 0 saturated carbocycles. The Bertz CT molecular complexity index is 1910. The van der Waals surface area contributed by atoms with E-state index in [1.807, 2.05) is 0 Å². The highest BCUT2D eigenvalue weighted by Crippen LogP contribution is 2.48. The van der Waals surface area contributed by atoms with Crippen LogP contribution in [0.15, 0.2) is 42.5 Å². The number of aliphatic hydroxyl groups is 1. The average molecular weight is 685 g/mol. The van der Waals surface area contributed by atoms with Gasteiger partial charge in [-0.15, -0.1) is 0 Å². The van der Waals surface area contributed by atoms with Gasteiger partial charge in [-0.1, -0.05) is 23.2 Å². The topological polar surface area (TPSA) is 137 Å². The van der Waals surface area contributed by atoms with Crippen LogP contribution in [0.2, 0.25) is 10.0 Å². The fourth-order valence-corrected chi connectivity index (χ4v) is 5.33. The second-order valence-electron chi connectivity index (χ2n) is 10.6. The Morgan fingerprint density at radius 2 is 1.85 bits per heavy atom. The number of nitrogens with one attached hydrogen (secondary N) is 1. The number of carbonyl (C=O) groups is 2. The molecule has 16 heteroatoms. The number of alkyl halides is 4. The van der Waals surface area contributed by atoms with Crippen molar-refractivity contribution in [1.82, 2.24) is 15.3 Å². The van der Waals surface area contributed by atoms with Crippen molar-refractivity contribution >= 4 is 45.9 Å². The number of aromatic nitrogens is 2. The van der Waals surface area contributed by atoms with E-state index in [9.17, 15) is 36.6 Å². The fraction of sp³-hybridized carbons (Fsp3) is 0.267. The molecule has 0 aliphatic carbocycles. The molecule has 5 rings (SSSR count). The highest BCUT2D eigenvalue weighted by atomic mass is 35.5. The minimum Gasteiger partial charge on any atom is -0.494 e. The number of aryl methyl sites for hydroxylation is 1. The number of amides is 2. The second kappa shape index (κ2) is 11.8. The van der Waals surface area contributed by atoms with Crippen LogP contribution in [0, 0.1) is 12.7 Å². The summed E-state index contributed by atoms with van der Waals surface area (Å²) in [5.41, 5.74) is -2.10. The van der Waals surface area contributed by atoms with Crippen LogP contribution in [0.25, 0.3) is 22.2 Å². The number of rotatable bonds is 8. The number of fused-ring (bicyclic) bond motifs is 2. The third-order valence-electron chi connectivity index (χ3n) is 7.74. The van der Waals surface area contributed by atoms with Crippen LogP contribution in [0.1, 0.15) is 27.3 Å². The number of ether oxygens (including phenoxy) is 2. The van der Waals surface area contributed by atoms with E-state index in [0.717, 1.165) is 18.2 Å². The molecule has 1 aliphatic heterocycles. The lowest BCUT2D eigenvalue weighted by molar-refractivity contribution is -0.265. The molecule has 3 heterocycles. The fourth-order valence-electron chi connectivity index (χ4n) is 4.99. The monoisotopic (exact) mass is 684 g/mol. The number of carbonyl (C=O) groups excluding carboxylic acids is 2. The third-order valence-corrected chi connectivity index (χ3v) is 8.41. The first kappa shape index (κ1) is 33.1. The molecule has 4 aromatic rings. The molecule has 0 saturated heterocycles. The summed E-state index contributed by atoms with van der Waals surface area (Å²) in [6.07, 6.45) is -5.50. The first-order valence-corrected chi connectivity index (χ1v) is 14.0. The van der Waals surface area contributed by atoms with Gasteiger partial charge in [0.1, 0.15) is 47.2 Å². The van der Waals surface area contributed by atoms with Gasteiger partial charge in [0, 0.05) is 22.1 Å². The van der Waals surface area contributed by atoms with E-state index in [1.54, 1.807) is 6.92 Å². The summed E-state index contributed by atoms with van der Waals surface area (Å²) in [5, 5.41) is 13.5. The molecule has 1 aliphatic rings. The molecule has 0 bridgehead atoms. The Kier molecular flexibility index (Phi) is 8.51. The molecule has 0 radical (unpaired) electrons. The summed E-state index contributed by atoms with van der Waals surface area (Å²) in [6.45, 7) is -2.00. The van der Waals surface area contributed by atoms with Gasteiger partial charge in [-0.05, 0) is 49.4 Å². The zero-order valence-corrected chi connectivity index (χ0v) is 25.4. The summed E-state index contributed by atoms with van der Waals surface area (Å²) >= 11 is 12.1. The zero-order chi connectivity index (χ0) is 33.8. The number of benzene rings is 2. The van der Waals surface area contributed by atoms with E-state index in [4.69, 9.17) is 38.4 Å². The Hall–Kier alpha value is -4.27. The van der Waals surface area contributed by atoms with Crippen molar-refractivity contribution in [3.05, 3.63) is 80.8 Å². The van der Waals surface area contributed by atoms with Crippen molar-refractivity contribution in [1.29, 1.82) is 0 Å². The summed E-state index contributed by atoms with van der Waals surface area (Å²) in [4.78, 5) is 33.9. The predicted molar refractivity (Wildman–Crippen MR) is 157 cm³/mol. The van der Waals surface area contributed by atoms with Gasteiger partial charge >= 0.3 is 6.18 Å². The van der Waals surface area contributed by atoms with E-state index in [-0.39, 0.29) is 27.6 Å². The Morgan fingerprint density at radius 3 is 2.46 bits per heavy atom. The number of pyridine rings is 2. The molecule has 9 nitrogen and oxygen atoms in total. The molecule has 2 aromatic heterocycles. The van der Waals surface area contributed by atoms with E-state index >= 15 is 0 Å². The lowest BCUT2D eigenvalue weighted by Gasteiger charge is -2.31. The van der Waals surface area contributed by atoms with Gasteiger partial charge < -0.3 is 25.6 Å². The van der Waals surface area contributed by atoms with Gasteiger partial charge in [-0.2, -0.15) is 13.2 Å². The highest BCUT2D eigenvalue weighted by Gasteiger charge is 2.58. The largest absolute Gasteiger partial charge is 0.494 e. The molecule has 2 aromatic carbocycles. The van der Waals surface area contributed by atoms with Gasteiger partial charge in [-0.25, -0.2) is 18.7 Å². The molecule has 0 fully saturated rings. The number of methoxy groups -OCH3 is 1. The van der Waals surface area contributed by atoms with Crippen LogP contribution in [0.5, 0.6) is 11.5 Å². The van der Waals surface area contributed by atoms with E-state index in [1.165, 1.54) is 25.3 Å². The first-order chi connectivity index (χ1) is 21.6. The van der Waals surface area contributed by atoms with Gasteiger partial charge in [-0.3, -0.25) is 9.59 Å². The third kappa shape index (κ3) is 5.43. The summed E-state index contributed by atoms with van der Waals surface area (Å²) in [7, 11) is 1.31. The van der Waals surface area contributed by atoms with Gasteiger partial charge in [0.25, 0.3) is 5.91 Å². The van der Waals surface area contributed by atoms with E-state index in [2.05, 4.69) is 15.3 Å². The van der Waals surface area contributed by atoms with Crippen LogP contribution in [0.4, 0.5) is 22.0 Å². The molecular formula is C30H23Cl2F5N4O5. The minimum atomic E-state index is -5.50. The second-order valence-corrected chi connectivity index (χ2v) is 11.4. The molecule has 2 atom stereocenters. The molecule has 2 amide bonds. The maximum atomic E-state index is 14.7. The summed E-state index contributed by atoms with van der Waals surface area (Å²) in [5.74, 6) is -3.35. The molecule has 1 unspecified atom stereocenters. The van der Waals surface area contributed by atoms with Crippen LogP contribution in [-0.4, -0.2) is 60.0 Å². The van der Waals surface area contributed by atoms with Crippen molar-refractivity contribution in [2.75, 3.05) is 26.9 Å². The van der Waals surface area contributed by atoms with Crippen LogP contribution in [-0.2, 0) is 15.8 Å². The first-order valence-electron chi connectivity index (χ1n) is 13.3. The summed E-state index contributed by atoms with van der Waals surface area (Å²) < 4.78 is 83.4. The smallest absolute Gasteiger partial charge is 0.424 e. The van der Waals surface area contributed by atoms with Crippen molar-refractivity contribution in [3.8, 4) is 22.8 Å². The maximum absolute atomic E-state index is 14.7. The zero-order valence-electron chi connectivity index (χ0n) is 23.9. The Morgan fingerprint density at radius 1 is 1.13 bits per heavy atom.